The first-order chi connectivity index (χ1) is 16.1. The van der Waals surface area contributed by atoms with Crippen LogP contribution in [-0.4, -0.2) is 24.3 Å². The van der Waals surface area contributed by atoms with Crippen molar-refractivity contribution in [3.05, 3.63) is 102 Å². The minimum Gasteiger partial charge on any atom is -0.312 e. The fraction of sp³-hybridized carbons (Fsp3) is 0.222. The van der Waals surface area contributed by atoms with E-state index in [1.807, 2.05) is 84.9 Å². The molecule has 0 atom stereocenters. The Morgan fingerprint density at radius 1 is 0.758 bits per heavy atom. The van der Waals surface area contributed by atoms with E-state index in [-0.39, 0.29) is 24.7 Å². The summed E-state index contributed by atoms with van der Waals surface area (Å²) in [6.45, 7) is 0.657. The minimum absolute atomic E-state index is 0.000872. The van der Waals surface area contributed by atoms with Gasteiger partial charge in [-0.25, -0.2) is 0 Å². The van der Waals surface area contributed by atoms with Gasteiger partial charge in [0.25, 0.3) is 0 Å². The number of anilines is 1. The Kier molecular flexibility index (Phi) is 7.15. The zero-order valence-electron chi connectivity index (χ0n) is 18.4. The molecule has 3 amide bonds. The summed E-state index contributed by atoms with van der Waals surface area (Å²) in [6.07, 6.45) is 1.94. The van der Waals surface area contributed by atoms with Crippen LogP contribution in [0.3, 0.4) is 0 Å². The molecular formula is C27H27N3O3. The summed E-state index contributed by atoms with van der Waals surface area (Å²) in [7, 11) is 0. The number of amides is 3. The van der Waals surface area contributed by atoms with Crippen LogP contribution in [0.25, 0.3) is 0 Å². The van der Waals surface area contributed by atoms with Gasteiger partial charge in [0.1, 0.15) is 0 Å². The molecule has 0 aliphatic carbocycles. The monoisotopic (exact) mass is 441 g/mol. The van der Waals surface area contributed by atoms with Gasteiger partial charge >= 0.3 is 0 Å². The maximum absolute atomic E-state index is 13.0. The second-order valence-electron chi connectivity index (χ2n) is 8.07. The lowest BCUT2D eigenvalue weighted by molar-refractivity contribution is -0.130. The van der Waals surface area contributed by atoms with Gasteiger partial charge in [0.15, 0.2) is 0 Å². The van der Waals surface area contributed by atoms with E-state index in [4.69, 9.17) is 0 Å². The number of nitrogens with one attached hydrogen (secondary N) is 2. The molecule has 0 saturated carbocycles. The van der Waals surface area contributed by atoms with Crippen molar-refractivity contribution in [2.45, 2.75) is 31.6 Å². The van der Waals surface area contributed by atoms with Gasteiger partial charge in [-0.15, -0.1) is 0 Å². The molecule has 4 rings (SSSR count). The number of nitrogens with zero attached hydrogens (tertiary/aromatic N) is 1. The third-order valence-electron chi connectivity index (χ3n) is 5.83. The van der Waals surface area contributed by atoms with Crippen molar-refractivity contribution < 1.29 is 14.4 Å². The maximum Gasteiger partial charge on any atom is 0.250 e. The van der Waals surface area contributed by atoms with Crippen LogP contribution in [0.15, 0.2) is 84.9 Å². The fourth-order valence-corrected chi connectivity index (χ4v) is 4.20. The Morgan fingerprint density at radius 3 is 2.03 bits per heavy atom. The average Bonchev–Trinajstić information content (AvgIpc) is 2.87. The van der Waals surface area contributed by atoms with Crippen molar-refractivity contribution in [2.24, 2.45) is 0 Å². The first-order valence-corrected chi connectivity index (χ1v) is 11.2. The normalized spacial score (nSPS) is 12.7. The number of hydrazine groups is 1. The zero-order chi connectivity index (χ0) is 23.0. The molecule has 0 fully saturated rings. The zero-order valence-corrected chi connectivity index (χ0v) is 18.4. The third kappa shape index (κ3) is 5.47. The van der Waals surface area contributed by atoms with Gasteiger partial charge in [-0.3, -0.25) is 25.2 Å². The van der Waals surface area contributed by atoms with Crippen molar-refractivity contribution in [1.82, 2.24) is 10.9 Å². The Balaban J connectivity index is 1.33. The lowest BCUT2D eigenvalue weighted by Crippen LogP contribution is -2.44. The number of carbonyl (C=O) groups is 3. The predicted octanol–water partition coefficient (Wildman–Crippen LogP) is 3.73. The molecule has 0 saturated heterocycles. The molecule has 1 aliphatic rings. The molecule has 33 heavy (non-hydrogen) atoms. The summed E-state index contributed by atoms with van der Waals surface area (Å²) in [5.74, 6) is -1.38. The molecule has 2 N–H and O–H groups in total. The fourth-order valence-electron chi connectivity index (χ4n) is 4.20. The number of hydrogen-bond acceptors (Lipinski definition) is 3. The summed E-state index contributed by atoms with van der Waals surface area (Å²) in [6, 6.07) is 26.7. The maximum atomic E-state index is 13.0. The van der Waals surface area contributed by atoms with Gasteiger partial charge < -0.3 is 4.90 Å². The number of rotatable bonds is 6. The number of para-hydroxylation sites is 1. The van der Waals surface area contributed by atoms with E-state index in [1.54, 1.807) is 4.90 Å². The molecule has 1 heterocycles. The molecule has 3 aromatic rings. The molecule has 0 bridgehead atoms. The molecule has 6 heteroatoms. The van der Waals surface area contributed by atoms with Gasteiger partial charge in [0.05, 0.1) is 5.92 Å². The Morgan fingerprint density at radius 2 is 1.36 bits per heavy atom. The van der Waals surface area contributed by atoms with Crippen LogP contribution in [0, 0.1) is 0 Å². The first kappa shape index (κ1) is 22.3. The molecular weight excluding hydrogens is 414 g/mol. The highest BCUT2D eigenvalue weighted by atomic mass is 16.2. The summed E-state index contributed by atoms with van der Waals surface area (Å²) in [4.78, 5) is 39.8. The second kappa shape index (κ2) is 10.6. The lowest BCUT2D eigenvalue weighted by Gasteiger charge is -2.29. The largest absolute Gasteiger partial charge is 0.312 e. The minimum atomic E-state index is -0.556. The summed E-state index contributed by atoms with van der Waals surface area (Å²) in [5.41, 5.74) is 8.74. The Hall–Kier alpha value is -3.93. The van der Waals surface area contributed by atoms with E-state index >= 15 is 0 Å². The smallest absolute Gasteiger partial charge is 0.250 e. The third-order valence-corrected chi connectivity index (χ3v) is 5.83. The van der Waals surface area contributed by atoms with Crippen LogP contribution in [0.2, 0.25) is 0 Å². The quantitative estimate of drug-likeness (QED) is 0.572. The van der Waals surface area contributed by atoms with Crippen molar-refractivity contribution in [1.29, 1.82) is 0 Å². The van der Waals surface area contributed by atoms with E-state index in [0.29, 0.717) is 6.54 Å². The van der Waals surface area contributed by atoms with Gasteiger partial charge in [-0.2, -0.15) is 0 Å². The van der Waals surface area contributed by atoms with E-state index in [1.165, 1.54) is 0 Å². The summed E-state index contributed by atoms with van der Waals surface area (Å²) in [5, 5.41) is 0. The first-order valence-electron chi connectivity index (χ1n) is 11.2. The van der Waals surface area contributed by atoms with Crippen LogP contribution in [0.5, 0.6) is 0 Å². The number of aryl methyl sites for hydroxylation is 1. The van der Waals surface area contributed by atoms with Crippen molar-refractivity contribution in [2.75, 3.05) is 11.4 Å². The molecule has 168 valence electrons. The number of carbonyl (C=O) groups excluding carboxylic acids is 3. The molecule has 0 unspecified atom stereocenters. The van der Waals surface area contributed by atoms with E-state index in [2.05, 4.69) is 10.9 Å². The predicted molar refractivity (Wildman–Crippen MR) is 127 cm³/mol. The SMILES string of the molecule is O=C(CCC(=O)N1CCCc2ccccc21)NNC(=O)C(c1ccccc1)c1ccccc1. The molecule has 3 aromatic carbocycles. The second-order valence-corrected chi connectivity index (χ2v) is 8.07. The molecule has 1 aliphatic heterocycles. The lowest BCUT2D eigenvalue weighted by atomic mass is 9.91. The topological polar surface area (TPSA) is 78.5 Å². The van der Waals surface area contributed by atoms with Crippen molar-refractivity contribution in [3.8, 4) is 0 Å². The van der Waals surface area contributed by atoms with Crippen LogP contribution in [0.4, 0.5) is 5.69 Å². The number of benzene rings is 3. The number of hydrogen-bond donors (Lipinski definition) is 2. The molecule has 0 spiro atoms. The highest BCUT2D eigenvalue weighted by Crippen LogP contribution is 2.27. The molecule has 0 aromatic heterocycles. The van der Waals surface area contributed by atoms with E-state index in [9.17, 15) is 14.4 Å². The summed E-state index contributed by atoms with van der Waals surface area (Å²) >= 11 is 0. The molecule has 0 radical (unpaired) electrons. The van der Waals surface area contributed by atoms with Gasteiger partial charge in [0.2, 0.25) is 17.7 Å². The number of fused-ring (bicyclic) bond motifs is 1. The highest BCUT2D eigenvalue weighted by Gasteiger charge is 2.24. The Labute approximate surface area is 193 Å². The van der Waals surface area contributed by atoms with E-state index in [0.717, 1.165) is 35.2 Å². The van der Waals surface area contributed by atoms with Crippen LogP contribution >= 0.6 is 0 Å². The van der Waals surface area contributed by atoms with Crippen molar-refractivity contribution in [3.63, 3.8) is 0 Å². The molecule has 6 nitrogen and oxygen atoms in total. The van der Waals surface area contributed by atoms with Gasteiger partial charge in [0, 0.05) is 25.1 Å². The van der Waals surface area contributed by atoms with Gasteiger partial charge in [-0.1, -0.05) is 78.9 Å². The Bertz CT molecular complexity index is 1080. The van der Waals surface area contributed by atoms with Crippen LogP contribution in [0.1, 0.15) is 41.9 Å². The summed E-state index contributed by atoms with van der Waals surface area (Å²) < 4.78 is 0. The van der Waals surface area contributed by atoms with Crippen LogP contribution < -0.4 is 15.8 Å². The van der Waals surface area contributed by atoms with E-state index < -0.39 is 11.8 Å². The van der Waals surface area contributed by atoms with Crippen LogP contribution in [-0.2, 0) is 20.8 Å². The van der Waals surface area contributed by atoms with Crippen molar-refractivity contribution >= 4 is 23.4 Å². The standard InChI is InChI=1S/C27H27N3O3/c31-24(17-18-25(32)30-19-9-15-20-10-7-8-16-23(20)30)28-29-27(33)26(21-11-3-1-4-12-21)22-13-5-2-6-14-22/h1-8,10-14,16,26H,9,15,17-19H2,(H,28,31)(H,29,33). The average molecular weight is 442 g/mol. The highest BCUT2D eigenvalue weighted by molar-refractivity contribution is 5.96. The van der Waals surface area contributed by atoms with Gasteiger partial charge in [-0.05, 0) is 35.6 Å².